The minimum Gasteiger partial charge on any atom is -0.294 e. The number of aryl methyl sites for hydroxylation is 1. The summed E-state index contributed by atoms with van der Waals surface area (Å²) < 4.78 is 107. The summed E-state index contributed by atoms with van der Waals surface area (Å²) in [6.45, 7) is 1.03. The van der Waals surface area contributed by atoms with E-state index in [4.69, 9.17) is 0 Å². The fourth-order valence-corrected chi connectivity index (χ4v) is 2.69. The largest absolute Gasteiger partial charge is 0.436 e. The van der Waals surface area contributed by atoms with E-state index in [9.17, 15) is 44.7 Å². The second-order valence-electron chi connectivity index (χ2n) is 5.97. The highest BCUT2D eigenvalue weighted by molar-refractivity contribution is 6.09. The molecule has 0 saturated carbocycles. The highest BCUT2D eigenvalue weighted by Crippen LogP contribution is 2.33. The molecule has 0 radical (unpaired) electrons. The van der Waals surface area contributed by atoms with Gasteiger partial charge in [0.2, 0.25) is 11.6 Å². The van der Waals surface area contributed by atoms with Crippen LogP contribution < -0.4 is 5.56 Å². The molecule has 3 rings (SSSR count). The molecular formula is C17H7F8N3O2. The van der Waals surface area contributed by atoms with Crippen LogP contribution in [0.15, 0.2) is 23.0 Å². The van der Waals surface area contributed by atoms with Gasteiger partial charge in [0.15, 0.2) is 11.5 Å². The maximum Gasteiger partial charge on any atom is 0.436 e. The van der Waals surface area contributed by atoms with Crippen LogP contribution in [-0.4, -0.2) is 20.5 Å². The van der Waals surface area contributed by atoms with E-state index in [-0.39, 0.29) is 4.68 Å². The van der Waals surface area contributed by atoms with Gasteiger partial charge in [0, 0.05) is 17.3 Å². The maximum absolute atomic E-state index is 14.3. The molecule has 0 saturated heterocycles. The Kier molecular flexibility index (Phi) is 5.00. The fraction of sp³-hybridized carbons (Fsp3) is 0.118. The molecule has 2 aromatic heterocycles. The zero-order chi connectivity index (χ0) is 22.5. The van der Waals surface area contributed by atoms with Gasteiger partial charge < -0.3 is 0 Å². The maximum atomic E-state index is 14.3. The van der Waals surface area contributed by atoms with Crippen molar-refractivity contribution >= 4 is 5.78 Å². The van der Waals surface area contributed by atoms with Gasteiger partial charge in [-0.25, -0.2) is 22.8 Å². The number of H-pyrrole nitrogens is 1. The van der Waals surface area contributed by atoms with E-state index in [1.54, 1.807) is 0 Å². The van der Waals surface area contributed by atoms with E-state index in [1.807, 2.05) is 5.10 Å². The minimum absolute atomic E-state index is 0.164. The molecule has 0 bridgehead atoms. The number of carbonyl (C=O) groups is 1. The monoisotopic (exact) mass is 437 g/mol. The summed E-state index contributed by atoms with van der Waals surface area (Å²) in [5.74, 6) is -10.6. The van der Waals surface area contributed by atoms with Gasteiger partial charge in [-0.1, -0.05) is 0 Å². The molecule has 0 aliphatic rings. The number of alkyl halides is 3. The van der Waals surface area contributed by atoms with Gasteiger partial charge in [-0.15, -0.1) is 0 Å². The summed E-state index contributed by atoms with van der Waals surface area (Å²) in [4.78, 5) is 27.2. The van der Waals surface area contributed by atoms with Crippen LogP contribution in [0.4, 0.5) is 35.1 Å². The highest BCUT2D eigenvalue weighted by atomic mass is 19.4. The van der Waals surface area contributed by atoms with E-state index in [0.29, 0.717) is 18.2 Å². The highest BCUT2D eigenvalue weighted by Gasteiger charge is 2.40. The molecule has 0 aliphatic heterocycles. The lowest BCUT2D eigenvalue weighted by Crippen LogP contribution is -2.25. The molecule has 1 aromatic carbocycles. The molecule has 3 aromatic rings. The van der Waals surface area contributed by atoms with Gasteiger partial charge >= 0.3 is 6.18 Å². The first-order valence-electron chi connectivity index (χ1n) is 7.77. The fourth-order valence-electron chi connectivity index (χ4n) is 2.69. The summed E-state index contributed by atoms with van der Waals surface area (Å²) in [6, 6.07) is 1.57. The lowest BCUT2D eigenvalue weighted by atomic mass is 10.0. The predicted molar refractivity (Wildman–Crippen MR) is 83.6 cm³/mol. The Morgan fingerprint density at radius 3 is 2.10 bits per heavy atom. The molecule has 13 heteroatoms. The predicted octanol–water partition coefficient (Wildman–Crippen LogP) is 3.81. The van der Waals surface area contributed by atoms with Crippen molar-refractivity contribution in [2.45, 2.75) is 13.1 Å². The molecule has 0 atom stereocenters. The second kappa shape index (κ2) is 7.07. The number of pyridine rings is 1. The Bertz CT molecular complexity index is 1220. The Labute approximate surface area is 160 Å². The molecule has 0 aliphatic carbocycles. The van der Waals surface area contributed by atoms with Gasteiger partial charge in [-0.3, -0.25) is 14.7 Å². The van der Waals surface area contributed by atoms with Crippen molar-refractivity contribution in [2.75, 3.05) is 0 Å². The van der Waals surface area contributed by atoms with Crippen LogP contribution >= 0.6 is 0 Å². The Morgan fingerprint density at radius 1 is 1.00 bits per heavy atom. The van der Waals surface area contributed by atoms with Crippen LogP contribution in [0, 0.1) is 36.1 Å². The van der Waals surface area contributed by atoms with Crippen LogP contribution in [0.25, 0.3) is 5.69 Å². The molecule has 0 amide bonds. The first kappa shape index (κ1) is 21.2. The van der Waals surface area contributed by atoms with Gasteiger partial charge in [0.1, 0.15) is 22.9 Å². The van der Waals surface area contributed by atoms with Gasteiger partial charge in [0.05, 0.1) is 0 Å². The molecule has 2 heterocycles. The third-order valence-corrected chi connectivity index (χ3v) is 3.93. The zero-order valence-corrected chi connectivity index (χ0v) is 14.5. The number of rotatable bonds is 3. The van der Waals surface area contributed by atoms with Gasteiger partial charge in [-0.2, -0.15) is 22.0 Å². The van der Waals surface area contributed by atoms with Crippen molar-refractivity contribution in [3.8, 4) is 5.69 Å². The Balaban J connectivity index is 2.26. The third kappa shape index (κ3) is 3.46. The van der Waals surface area contributed by atoms with Crippen molar-refractivity contribution in [1.29, 1.82) is 0 Å². The lowest BCUT2D eigenvalue weighted by molar-refractivity contribution is -0.144. The van der Waals surface area contributed by atoms with E-state index >= 15 is 0 Å². The Hall–Kier alpha value is -3.51. The second-order valence-corrected chi connectivity index (χ2v) is 5.97. The van der Waals surface area contributed by atoms with Crippen LogP contribution in [-0.2, 0) is 6.18 Å². The summed E-state index contributed by atoms with van der Waals surface area (Å²) >= 11 is 0. The summed E-state index contributed by atoms with van der Waals surface area (Å²) in [6.07, 6.45) is -5.53. The van der Waals surface area contributed by atoms with Crippen LogP contribution in [0.3, 0.4) is 0 Å². The van der Waals surface area contributed by atoms with Crippen molar-refractivity contribution in [2.24, 2.45) is 0 Å². The first-order valence-corrected chi connectivity index (χ1v) is 7.77. The van der Waals surface area contributed by atoms with Crippen molar-refractivity contribution in [1.82, 2.24) is 14.8 Å². The SMILES string of the molecule is Cc1[nH]n(-c2c(F)c(F)nc(C(F)(F)F)c2F)c(=O)c1C(=O)c1cc(F)cc(F)c1. The average Bonchev–Trinajstić information content (AvgIpc) is 2.90. The number of aromatic amines is 1. The normalized spacial score (nSPS) is 11.8. The van der Waals surface area contributed by atoms with E-state index < -0.39 is 74.9 Å². The van der Waals surface area contributed by atoms with Crippen LogP contribution in [0.5, 0.6) is 0 Å². The molecule has 0 fully saturated rings. The number of nitrogens with one attached hydrogen (secondary N) is 1. The number of aromatic nitrogens is 3. The number of nitrogens with zero attached hydrogens (tertiary/aromatic N) is 2. The molecule has 5 nitrogen and oxygen atoms in total. The molecule has 158 valence electrons. The quantitative estimate of drug-likeness (QED) is 0.385. The van der Waals surface area contributed by atoms with E-state index in [0.717, 1.165) is 6.92 Å². The zero-order valence-electron chi connectivity index (χ0n) is 14.5. The number of carbonyl (C=O) groups excluding carboxylic acids is 1. The lowest BCUT2D eigenvalue weighted by Gasteiger charge is -2.12. The minimum atomic E-state index is -5.53. The van der Waals surface area contributed by atoms with E-state index in [2.05, 4.69) is 4.98 Å². The van der Waals surface area contributed by atoms with Crippen molar-refractivity contribution in [3.05, 3.63) is 80.3 Å². The molecule has 1 N–H and O–H groups in total. The van der Waals surface area contributed by atoms with Crippen LogP contribution in [0.2, 0.25) is 0 Å². The summed E-state index contributed by atoms with van der Waals surface area (Å²) in [5.41, 5.74) is -7.78. The number of halogens is 8. The number of benzene rings is 1. The molecule has 0 spiro atoms. The standard InChI is InChI=1S/C17H7F8N3O2/c1-5-9(13(29)6-2-7(18)4-8(19)3-6)16(30)28(27-5)12-10(20)14(17(23,24)25)26-15(22)11(12)21/h2-4,27H,1H3. The van der Waals surface area contributed by atoms with Gasteiger partial charge in [-0.05, 0) is 19.1 Å². The summed E-state index contributed by atoms with van der Waals surface area (Å²) in [5, 5.41) is 1.95. The molecule has 30 heavy (non-hydrogen) atoms. The summed E-state index contributed by atoms with van der Waals surface area (Å²) in [7, 11) is 0. The number of hydrogen-bond acceptors (Lipinski definition) is 3. The van der Waals surface area contributed by atoms with Gasteiger partial charge in [0.25, 0.3) is 11.5 Å². The molecular weight excluding hydrogens is 430 g/mol. The molecule has 0 unspecified atom stereocenters. The third-order valence-electron chi connectivity index (χ3n) is 3.93. The smallest absolute Gasteiger partial charge is 0.294 e. The average molecular weight is 437 g/mol. The van der Waals surface area contributed by atoms with Crippen molar-refractivity contribution < 1.29 is 39.9 Å². The van der Waals surface area contributed by atoms with Crippen molar-refractivity contribution in [3.63, 3.8) is 0 Å². The van der Waals surface area contributed by atoms with Crippen LogP contribution in [0.1, 0.15) is 27.3 Å². The topological polar surface area (TPSA) is 67.8 Å². The Morgan fingerprint density at radius 2 is 1.57 bits per heavy atom. The number of ketones is 1. The first-order chi connectivity index (χ1) is 13.8. The van der Waals surface area contributed by atoms with E-state index in [1.165, 1.54) is 0 Å². The number of hydrogen-bond donors (Lipinski definition) is 1.